The van der Waals surface area contributed by atoms with E-state index in [1.807, 2.05) is 27.7 Å². The van der Waals surface area contributed by atoms with Crippen molar-refractivity contribution >= 4 is 11.8 Å². The molecule has 1 aliphatic rings. The molecule has 17 heavy (non-hydrogen) atoms. The zero-order valence-corrected chi connectivity index (χ0v) is 11.3. The van der Waals surface area contributed by atoms with Crippen molar-refractivity contribution in [2.75, 3.05) is 6.54 Å². The largest absolute Gasteiger partial charge is 0.328 e. The Balaban J connectivity index is 2.96. The van der Waals surface area contributed by atoms with Gasteiger partial charge in [0.2, 0.25) is 11.8 Å². The highest BCUT2D eigenvalue weighted by Crippen LogP contribution is 2.40. The molecule has 0 radical (unpaired) electrons. The second kappa shape index (κ2) is 5.17. The number of amides is 2. The van der Waals surface area contributed by atoms with E-state index in [1.54, 1.807) is 0 Å². The van der Waals surface area contributed by atoms with E-state index >= 15 is 0 Å². The highest BCUT2D eigenvalue weighted by molar-refractivity contribution is 6.06. The molecule has 1 rings (SSSR count). The predicted octanol–water partition coefficient (Wildman–Crippen LogP) is 1.53. The van der Waals surface area contributed by atoms with Crippen molar-refractivity contribution in [3.63, 3.8) is 0 Å². The molecule has 0 saturated carbocycles. The molecule has 0 aromatic heterocycles. The van der Waals surface area contributed by atoms with E-state index in [0.29, 0.717) is 13.0 Å². The topological polar surface area (TPSA) is 63.4 Å². The number of hydrogen-bond acceptors (Lipinski definition) is 3. The van der Waals surface area contributed by atoms with E-state index < -0.39 is 5.41 Å². The third-order valence-corrected chi connectivity index (χ3v) is 4.03. The van der Waals surface area contributed by atoms with Gasteiger partial charge in [0.25, 0.3) is 0 Å². The molecule has 2 amide bonds. The lowest BCUT2D eigenvalue weighted by Crippen LogP contribution is -2.46. The van der Waals surface area contributed by atoms with Gasteiger partial charge in [-0.1, -0.05) is 27.2 Å². The Labute approximate surface area is 104 Å². The summed E-state index contributed by atoms with van der Waals surface area (Å²) in [7, 11) is 0. The lowest BCUT2D eigenvalue weighted by molar-refractivity contribution is -0.144. The van der Waals surface area contributed by atoms with Crippen molar-refractivity contribution < 1.29 is 9.59 Å². The van der Waals surface area contributed by atoms with Crippen LogP contribution in [0.4, 0.5) is 0 Å². The van der Waals surface area contributed by atoms with Crippen LogP contribution in [0.15, 0.2) is 0 Å². The molecule has 1 saturated heterocycles. The van der Waals surface area contributed by atoms with Crippen LogP contribution in [0.25, 0.3) is 0 Å². The van der Waals surface area contributed by atoms with Gasteiger partial charge in [0, 0.05) is 13.0 Å². The molecule has 2 N–H and O–H groups in total. The van der Waals surface area contributed by atoms with E-state index in [0.717, 1.165) is 12.8 Å². The summed E-state index contributed by atoms with van der Waals surface area (Å²) in [5.41, 5.74) is 5.14. The van der Waals surface area contributed by atoms with Gasteiger partial charge >= 0.3 is 0 Å². The molecular formula is C13H24N2O2. The molecular weight excluding hydrogens is 216 g/mol. The predicted molar refractivity (Wildman–Crippen MR) is 67.2 cm³/mol. The maximum Gasteiger partial charge on any atom is 0.236 e. The van der Waals surface area contributed by atoms with Crippen LogP contribution in [0.1, 0.15) is 47.0 Å². The summed E-state index contributed by atoms with van der Waals surface area (Å²) in [5.74, 6) is 0.0699. The lowest BCUT2D eigenvalue weighted by Gasteiger charge is -2.29. The first-order valence-corrected chi connectivity index (χ1v) is 6.45. The monoisotopic (exact) mass is 240 g/mol. The van der Waals surface area contributed by atoms with Gasteiger partial charge in [-0.05, 0) is 19.3 Å². The highest BCUT2D eigenvalue weighted by atomic mass is 16.2. The number of carbonyl (C=O) groups excluding carboxylic acids is 2. The Kier molecular flexibility index (Phi) is 4.31. The summed E-state index contributed by atoms with van der Waals surface area (Å²) in [6.07, 6.45) is 2.04. The number of hydrogen-bond donors (Lipinski definition) is 1. The van der Waals surface area contributed by atoms with Crippen molar-refractivity contribution in [2.45, 2.75) is 53.0 Å². The normalized spacial score (nSPS) is 27.1. The molecule has 1 heterocycles. The Morgan fingerprint density at radius 2 is 2.00 bits per heavy atom. The minimum atomic E-state index is -0.543. The zero-order valence-electron chi connectivity index (χ0n) is 11.3. The van der Waals surface area contributed by atoms with Crippen molar-refractivity contribution in [2.24, 2.45) is 17.1 Å². The first kappa shape index (κ1) is 14.2. The van der Waals surface area contributed by atoms with E-state index in [9.17, 15) is 9.59 Å². The van der Waals surface area contributed by atoms with Crippen molar-refractivity contribution in [1.82, 2.24) is 4.90 Å². The van der Waals surface area contributed by atoms with Crippen LogP contribution < -0.4 is 5.73 Å². The quantitative estimate of drug-likeness (QED) is 0.741. The smallest absolute Gasteiger partial charge is 0.236 e. The summed E-state index contributed by atoms with van der Waals surface area (Å²) >= 11 is 0. The SMILES string of the molecule is CCCC(CN)N1C(=O)CC(C)(C(C)C)C1=O. The van der Waals surface area contributed by atoms with Crippen molar-refractivity contribution in [3.05, 3.63) is 0 Å². The molecule has 2 unspecified atom stereocenters. The molecule has 2 atom stereocenters. The number of nitrogens with two attached hydrogens (primary N) is 1. The molecule has 0 spiro atoms. The van der Waals surface area contributed by atoms with Gasteiger partial charge in [-0.3, -0.25) is 14.5 Å². The van der Waals surface area contributed by atoms with Gasteiger partial charge in [0.05, 0.1) is 11.5 Å². The lowest BCUT2D eigenvalue weighted by atomic mass is 9.78. The fourth-order valence-corrected chi connectivity index (χ4v) is 2.37. The molecule has 4 nitrogen and oxygen atoms in total. The summed E-state index contributed by atoms with van der Waals surface area (Å²) in [6.45, 7) is 8.27. The van der Waals surface area contributed by atoms with Gasteiger partial charge in [0.15, 0.2) is 0 Å². The standard InChI is InChI=1S/C13H24N2O2/c1-5-6-10(8-14)15-11(16)7-13(4,9(2)3)12(15)17/h9-10H,5-8,14H2,1-4H3. The molecule has 0 aromatic rings. The van der Waals surface area contributed by atoms with Crippen LogP contribution in [0, 0.1) is 11.3 Å². The van der Waals surface area contributed by atoms with E-state index in [-0.39, 0.29) is 23.8 Å². The Bertz CT molecular complexity index is 315. The second-order valence-electron chi connectivity index (χ2n) is 5.50. The molecule has 1 aliphatic heterocycles. The average Bonchev–Trinajstić information content (AvgIpc) is 2.49. The summed E-state index contributed by atoms with van der Waals surface area (Å²) in [4.78, 5) is 25.9. The van der Waals surface area contributed by atoms with E-state index in [1.165, 1.54) is 4.90 Å². The molecule has 1 fully saturated rings. The molecule has 0 aromatic carbocycles. The second-order valence-corrected chi connectivity index (χ2v) is 5.50. The van der Waals surface area contributed by atoms with E-state index in [4.69, 9.17) is 5.73 Å². The van der Waals surface area contributed by atoms with Crippen molar-refractivity contribution in [3.8, 4) is 0 Å². The van der Waals surface area contributed by atoms with Crippen molar-refractivity contribution in [1.29, 1.82) is 0 Å². The molecule has 4 heteroatoms. The third kappa shape index (κ3) is 2.37. The van der Waals surface area contributed by atoms with Gasteiger partial charge in [-0.15, -0.1) is 0 Å². The molecule has 0 bridgehead atoms. The third-order valence-electron chi connectivity index (χ3n) is 4.03. The van der Waals surface area contributed by atoms with Crippen LogP contribution >= 0.6 is 0 Å². The Morgan fingerprint density at radius 1 is 1.41 bits per heavy atom. The maximum absolute atomic E-state index is 12.4. The van der Waals surface area contributed by atoms with Crippen LogP contribution in [-0.4, -0.2) is 29.3 Å². The number of rotatable bonds is 5. The van der Waals surface area contributed by atoms with Crippen LogP contribution in [0.3, 0.4) is 0 Å². The minimum Gasteiger partial charge on any atom is -0.328 e. The van der Waals surface area contributed by atoms with Gasteiger partial charge in [-0.2, -0.15) is 0 Å². The van der Waals surface area contributed by atoms with Crippen LogP contribution in [0.2, 0.25) is 0 Å². The van der Waals surface area contributed by atoms with Gasteiger partial charge < -0.3 is 5.73 Å². The van der Waals surface area contributed by atoms with E-state index in [2.05, 4.69) is 0 Å². The first-order valence-electron chi connectivity index (χ1n) is 6.45. The summed E-state index contributed by atoms with van der Waals surface area (Å²) < 4.78 is 0. The molecule has 98 valence electrons. The summed E-state index contributed by atoms with van der Waals surface area (Å²) in [6, 6.07) is -0.124. The van der Waals surface area contributed by atoms with Gasteiger partial charge in [-0.25, -0.2) is 0 Å². The maximum atomic E-state index is 12.4. The zero-order chi connectivity index (χ0) is 13.2. The summed E-state index contributed by atoms with van der Waals surface area (Å²) in [5, 5.41) is 0. The van der Waals surface area contributed by atoms with Crippen LogP contribution in [-0.2, 0) is 9.59 Å². The number of carbonyl (C=O) groups is 2. The number of nitrogens with zero attached hydrogens (tertiary/aromatic N) is 1. The highest BCUT2D eigenvalue weighted by Gasteiger charge is 2.51. The number of likely N-dealkylation sites (tertiary alicyclic amines) is 1. The fourth-order valence-electron chi connectivity index (χ4n) is 2.37. The fraction of sp³-hybridized carbons (Fsp3) is 0.846. The van der Waals surface area contributed by atoms with Crippen LogP contribution in [0.5, 0.6) is 0 Å². The first-order chi connectivity index (χ1) is 7.88. The number of imide groups is 1. The average molecular weight is 240 g/mol. The molecule has 0 aliphatic carbocycles. The van der Waals surface area contributed by atoms with Gasteiger partial charge in [0.1, 0.15) is 0 Å². The minimum absolute atomic E-state index is 0.0404. The Hall–Kier alpha value is -0.900. The Morgan fingerprint density at radius 3 is 2.35 bits per heavy atom.